The van der Waals surface area contributed by atoms with Gasteiger partial charge >= 0.3 is 0 Å². The quantitative estimate of drug-likeness (QED) is 0.919. The molecule has 108 valence electrons. The first-order valence-corrected chi connectivity index (χ1v) is 7.86. The van der Waals surface area contributed by atoms with E-state index in [9.17, 15) is 4.79 Å². The van der Waals surface area contributed by atoms with E-state index in [-0.39, 0.29) is 12.0 Å². The number of carbonyl (C=O) groups excluding carboxylic acids is 1. The minimum atomic E-state index is 0.199. The fourth-order valence-electron chi connectivity index (χ4n) is 3.46. The average Bonchev–Trinajstić information content (AvgIpc) is 3.30. The number of rotatable bonds is 3. The van der Waals surface area contributed by atoms with Crippen molar-refractivity contribution in [3.8, 4) is 0 Å². The number of nitrogens with two attached hydrogens (primary N) is 1. The predicted molar refractivity (Wildman–Crippen MR) is 80.3 cm³/mol. The molecule has 3 unspecified atom stereocenters. The van der Waals surface area contributed by atoms with E-state index in [0.717, 1.165) is 25.8 Å². The van der Waals surface area contributed by atoms with Crippen LogP contribution in [-0.4, -0.2) is 29.9 Å². The maximum absolute atomic E-state index is 12.7. The third kappa shape index (κ3) is 2.73. The summed E-state index contributed by atoms with van der Waals surface area (Å²) in [5.74, 6) is 0.978. The SMILES string of the molecule is NCC1CCCCCN1C(=O)C1CC1c1ccccc1. The second-order valence-electron chi connectivity index (χ2n) is 6.13. The Morgan fingerprint density at radius 2 is 2.00 bits per heavy atom. The Hall–Kier alpha value is -1.35. The largest absolute Gasteiger partial charge is 0.338 e. The van der Waals surface area contributed by atoms with Crippen molar-refractivity contribution in [3.63, 3.8) is 0 Å². The van der Waals surface area contributed by atoms with Gasteiger partial charge in [0.1, 0.15) is 0 Å². The number of carbonyl (C=O) groups is 1. The van der Waals surface area contributed by atoms with Crippen molar-refractivity contribution in [2.45, 2.75) is 44.1 Å². The second-order valence-corrected chi connectivity index (χ2v) is 6.13. The van der Waals surface area contributed by atoms with E-state index >= 15 is 0 Å². The van der Waals surface area contributed by atoms with Gasteiger partial charge in [-0.1, -0.05) is 43.2 Å². The Bertz CT molecular complexity index is 459. The zero-order valence-corrected chi connectivity index (χ0v) is 12.0. The van der Waals surface area contributed by atoms with Crippen LogP contribution in [0, 0.1) is 5.92 Å². The molecule has 1 aliphatic carbocycles. The lowest BCUT2D eigenvalue weighted by Gasteiger charge is -2.29. The van der Waals surface area contributed by atoms with E-state index in [1.165, 1.54) is 18.4 Å². The van der Waals surface area contributed by atoms with Crippen molar-refractivity contribution >= 4 is 5.91 Å². The molecule has 20 heavy (non-hydrogen) atoms. The van der Waals surface area contributed by atoms with Crippen LogP contribution in [0.2, 0.25) is 0 Å². The van der Waals surface area contributed by atoms with Crippen LogP contribution in [0.3, 0.4) is 0 Å². The van der Waals surface area contributed by atoms with Gasteiger partial charge in [0, 0.05) is 25.0 Å². The fraction of sp³-hybridized carbons (Fsp3) is 0.588. The first-order chi connectivity index (χ1) is 9.81. The number of hydrogen-bond donors (Lipinski definition) is 1. The summed E-state index contributed by atoms with van der Waals surface area (Å²) in [6.45, 7) is 1.51. The average molecular weight is 272 g/mol. The standard InChI is InChI=1S/C17H24N2O/c18-12-14-9-5-2-6-10-19(14)17(20)16-11-15(16)13-7-3-1-4-8-13/h1,3-4,7-8,14-16H,2,5-6,9-12,18H2. The molecule has 2 fully saturated rings. The van der Waals surface area contributed by atoms with E-state index in [1.807, 2.05) is 6.07 Å². The molecule has 1 amide bonds. The zero-order valence-electron chi connectivity index (χ0n) is 12.0. The molecule has 1 aliphatic heterocycles. The summed E-state index contributed by atoms with van der Waals surface area (Å²) in [5, 5.41) is 0. The van der Waals surface area contributed by atoms with E-state index < -0.39 is 0 Å². The second kappa shape index (κ2) is 5.96. The summed E-state index contributed by atoms with van der Waals surface area (Å²) in [6, 6.07) is 10.7. The molecule has 2 aliphatic rings. The lowest BCUT2D eigenvalue weighted by atomic mass is 10.1. The van der Waals surface area contributed by atoms with Crippen LogP contribution in [0.1, 0.15) is 43.6 Å². The monoisotopic (exact) mass is 272 g/mol. The maximum atomic E-state index is 12.7. The van der Waals surface area contributed by atoms with Crippen LogP contribution < -0.4 is 5.73 Å². The topological polar surface area (TPSA) is 46.3 Å². The summed E-state index contributed by atoms with van der Waals surface area (Å²) < 4.78 is 0. The number of amides is 1. The molecule has 2 N–H and O–H groups in total. The highest BCUT2D eigenvalue weighted by atomic mass is 16.2. The van der Waals surface area contributed by atoms with Crippen LogP contribution in [0.25, 0.3) is 0 Å². The van der Waals surface area contributed by atoms with Crippen LogP contribution in [0.15, 0.2) is 30.3 Å². The molecule has 3 nitrogen and oxygen atoms in total. The van der Waals surface area contributed by atoms with Gasteiger partial charge in [-0.25, -0.2) is 0 Å². The van der Waals surface area contributed by atoms with Gasteiger partial charge in [-0.3, -0.25) is 4.79 Å². The summed E-state index contributed by atoms with van der Waals surface area (Å²) in [6.07, 6.45) is 5.65. The third-order valence-corrected chi connectivity index (χ3v) is 4.77. The van der Waals surface area contributed by atoms with Gasteiger partial charge in [-0.05, 0) is 30.7 Å². The van der Waals surface area contributed by atoms with E-state index in [1.54, 1.807) is 0 Å². The molecule has 3 atom stereocenters. The van der Waals surface area contributed by atoms with Crippen LogP contribution >= 0.6 is 0 Å². The predicted octanol–water partition coefficient (Wildman–Crippen LogP) is 2.52. The van der Waals surface area contributed by atoms with Crippen molar-refractivity contribution in [1.82, 2.24) is 4.90 Å². The van der Waals surface area contributed by atoms with Crippen LogP contribution in [0.5, 0.6) is 0 Å². The van der Waals surface area contributed by atoms with E-state index in [0.29, 0.717) is 18.4 Å². The van der Waals surface area contributed by atoms with Crippen LogP contribution in [-0.2, 0) is 4.79 Å². The van der Waals surface area contributed by atoms with Crippen molar-refractivity contribution in [2.24, 2.45) is 11.7 Å². The van der Waals surface area contributed by atoms with Gasteiger partial charge in [-0.15, -0.1) is 0 Å². The summed E-state index contributed by atoms with van der Waals surface area (Å²) in [7, 11) is 0. The van der Waals surface area contributed by atoms with Gasteiger partial charge in [0.15, 0.2) is 0 Å². The maximum Gasteiger partial charge on any atom is 0.226 e. The third-order valence-electron chi connectivity index (χ3n) is 4.77. The fourth-order valence-corrected chi connectivity index (χ4v) is 3.46. The molecule has 1 aromatic carbocycles. The Morgan fingerprint density at radius 3 is 2.75 bits per heavy atom. The molecular formula is C17H24N2O. The molecule has 1 saturated heterocycles. The van der Waals surface area contributed by atoms with E-state index in [2.05, 4.69) is 29.2 Å². The summed E-state index contributed by atoms with van der Waals surface area (Å²) >= 11 is 0. The molecule has 1 heterocycles. The molecular weight excluding hydrogens is 248 g/mol. The van der Waals surface area contributed by atoms with Crippen molar-refractivity contribution in [3.05, 3.63) is 35.9 Å². The Labute approximate surface area is 121 Å². The first-order valence-electron chi connectivity index (χ1n) is 7.86. The highest BCUT2D eigenvalue weighted by Gasteiger charge is 2.46. The normalized spacial score (nSPS) is 29.9. The molecule has 0 spiro atoms. The summed E-state index contributed by atoms with van der Waals surface area (Å²) in [4.78, 5) is 14.8. The minimum absolute atomic E-state index is 0.199. The Kier molecular flexibility index (Phi) is 4.06. The number of benzene rings is 1. The molecule has 1 saturated carbocycles. The van der Waals surface area contributed by atoms with Gasteiger partial charge in [0.25, 0.3) is 0 Å². The zero-order chi connectivity index (χ0) is 13.9. The van der Waals surface area contributed by atoms with Gasteiger partial charge in [0.2, 0.25) is 5.91 Å². The smallest absolute Gasteiger partial charge is 0.226 e. The highest BCUT2D eigenvalue weighted by Crippen LogP contribution is 2.48. The molecule has 0 bridgehead atoms. The molecule has 3 heteroatoms. The molecule has 3 rings (SSSR count). The van der Waals surface area contributed by atoms with Crippen molar-refractivity contribution in [2.75, 3.05) is 13.1 Å². The molecule has 0 radical (unpaired) electrons. The Balaban J connectivity index is 1.67. The highest BCUT2D eigenvalue weighted by molar-refractivity contribution is 5.83. The molecule has 0 aromatic heterocycles. The minimum Gasteiger partial charge on any atom is -0.338 e. The van der Waals surface area contributed by atoms with Gasteiger partial charge in [0.05, 0.1) is 0 Å². The number of hydrogen-bond acceptors (Lipinski definition) is 2. The number of likely N-dealkylation sites (tertiary alicyclic amines) is 1. The van der Waals surface area contributed by atoms with Crippen LogP contribution in [0.4, 0.5) is 0 Å². The van der Waals surface area contributed by atoms with Crippen molar-refractivity contribution < 1.29 is 4.79 Å². The first kappa shape index (κ1) is 13.6. The van der Waals surface area contributed by atoms with Crippen molar-refractivity contribution in [1.29, 1.82) is 0 Å². The molecule has 1 aromatic rings. The lowest BCUT2D eigenvalue weighted by Crippen LogP contribution is -2.45. The number of nitrogens with zero attached hydrogens (tertiary/aromatic N) is 1. The Morgan fingerprint density at radius 1 is 1.20 bits per heavy atom. The van der Waals surface area contributed by atoms with Gasteiger partial charge in [-0.2, -0.15) is 0 Å². The lowest BCUT2D eigenvalue weighted by molar-refractivity contribution is -0.134. The van der Waals surface area contributed by atoms with Gasteiger partial charge < -0.3 is 10.6 Å². The summed E-state index contributed by atoms with van der Waals surface area (Å²) in [5.41, 5.74) is 7.18. The van der Waals surface area contributed by atoms with E-state index in [4.69, 9.17) is 5.73 Å².